The van der Waals surface area contributed by atoms with E-state index in [1.807, 2.05) is 0 Å². The third kappa shape index (κ3) is 3.91. The summed E-state index contributed by atoms with van der Waals surface area (Å²) in [6.45, 7) is 2.12. The fourth-order valence-electron chi connectivity index (χ4n) is 2.97. The molecule has 1 aliphatic carbocycles. The van der Waals surface area contributed by atoms with Crippen molar-refractivity contribution in [3.05, 3.63) is 0 Å². The fourth-order valence-corrected chi connectivity index (χ4v) is 2.97. The molecule has 1 spiro atoms. The predicted octanol–water partition coefficient (Wildman–Crippen LogP) is 2.04. The van der Waals surface area contributed by atoms with E-state index in [2.05, 4.69) is 5.48 Å². The summed E-state index contributed by atoms with van der Waals surface area (Å²) in [6, 6.07) is 0.443. The third-order valence-electron chi connectivity index (χ3n) is 3.90. The molecule has 1 unspecified atom stereocenters. The molecular weight excluding hydrogens is 218 g/mol. The van der Waals surface area contributed by atoms with Crippen molar-refractivity contribution in [1.29, 1.82) is 0 Å². The minimum Gasteiger partial charge on any atom is -0.382 e. The Bertz CT molecular complexity index is 211. The van der Waals surface area contributed by atoms with Crippen molar-refractivity contribution >= 4 is 0 Å². The van der Waals surface area contributed by atoms with Gasteiger partial charge in [-0.2, -0.15) is 5.48 Å². The van der Waals surface area contributed by atoms with Gasteiger partial charge in [0.05, 0.1) is 18.8 Å². The highest BCUT2D eigenvalue weighted by molar-refractivity contribution is 4.91. The summed E-state index contributed by atoms with van der Waals surface area (Å²) in [5.41, 5.74) is 3.32. The van der Waals surface area contributed by atoms with Crippen LogP contribution in [0, 0.1) is 0 Å². The largest absolute Gasteiger partial charge is 0.382 e. The Kier molecular flexibility index (Phi) is 5.22. The van der Waals surface area contributed by atoms with Crippen molar-refractivity contribution in [2.24, 2.45) is 0 Å². The second-order valence-electron chi connectivity index (χ2n) is 5.24. The van der Waals surface area contributed by atoms with Crippen molar-refractivity contribution in [2.75, 3.05) is 26.9 Å². The number of ether oxygens (including phenoxy) is 2. The van der Waals surface area contributed by atoms with Crippen LogP contribution in [-0.4, -0.2) is 38.6 Å². The molecule has 1 aliphatic heterocycles. The average Bonchev–Trinajstić information content (AvgIpc) is 2.36. The van der Waals surface area contributed by atoms with Crippen LogP contribution in [0.2, 0.25) is 0 Å². The van der Waals surface area contributed by atoms with E-state index in [4.69, 9.17) is 14.3 Å². The molecule has 1 N–H and O–H groups in total. The second-order valence-corrected chi connectivity index (χ2v) is 5.24. The molecule has 0 amide bonds. The molecule has 2 aliphatic rings. The summed E-state index contributed by atoms with van der Waals surface area (Å²) < 4.78 is 11.0. The highest BCUT2D eigenvalue weighted by Crippen LogP contribution is 2.38. The number of hydrogen-bond acceptors (Lipinski definition) is 4. The summed E-state index contributed by atoms with van der Waals surface area (Å²) in [5, 5.41) is 0. The van der Waals surface area contributed by atoms with Crippen LogP contribution in [0.4, 0.5) is 0 Å². The van der Waals surface area contributed by atoms with E-state index in [-0.39, 0.29) is 5.60 Å². The van der Waals surface area contributed by atoms with Crippen molar-refractivity contribution in [2.45, 2.75) is 56.6 Å². The highest BCUT2D eigenvalue weighted by atomic mass is 16.7. The molecule has 2 rings (SSSR count). The van der Waals surface area contributed by atoms with Gasteiger partial charge in [-0.25, -0.2) is 0 Å². The van der Waals surface area contributed by atoms with Gasteiger partial charge in [-0.1, -0.05) is 19.3 Å². The smallest absolute Gasteiger partial charge is 0.0915 e. The first kappa shape index (κ1) is 13.3. The standard InChI is InChI=1S/C13H25NO3/c1-15-9-10-17-14-12-5-8-16-13(11-12)6-3-2-4-7-13/h12,14H,2-11H2,1H3. The Hall–Kier alpha value is -0.160. The molecular formula is C13H25NO3. The molecule has 4 nitrogen and oxygen atoms in total. The molecule has 17 heavy (non-hydrogen) atoms. The maximum absolute atomic E-state index is 6.04. The molecule has 0 aromatic heterocycles. The van der Waals surface area contributed by atoms with Crippen molar-refractivity contribution in [1.82, 2.24) is 5.48 Å². The quantitative estimate of drug-likeness (QED) is 0.592. The molecule has 1 atom stereocenters. The predicted molar refractivity (Wildman–Crippen MR) is 65.8 cm³/mol. The summed E-state index contributed by atoms with van der Waals surface area (Å²) >= 11 is 0. The Morgan fingerprint density at radius 2 is 2.06 bits per heavy atom. The van der Waals surface area contributed by atoms with Gasteiger partial charge in [0.25, 0.3) is 0 Å². The SMILES string of the molecule is COCCONC1CCOC2(CCCCC2)C1. The maximum Gasteiger partial charge on any atom is 0.0915 e. The van der Waals surface area contributed by atoms with Crippen molar-refractivity contribution < 1.29 is 14.3 Å². The van der Waals surface area contributed by atoms with Crippen molar-refractivity contribution in [3.63, 3.8) is 0 Å². The maximum atomic E-state index is 6.04. The zero-order chi connectivity index (χ0) is 12.0. The van der Waals surface area contributed by atoms with E-state index in [9.17, 15) is 0 Å². The van der Waals surface area contributed by atoms with Gasteiger partial charge < -0.3 is 9.47 Å². The van der Waals surface area contributed by atoms with E-state index in [1.165, 1.54) is 32.1 Å². The first-order valence-electron chi connectivity index (χ1n) is 6.85. The monoisotopic (exact) mass is 243 g/mol. The third-order valence-corrected chi connectivity index (χ3v) is 3.90. The lowest BCUT2D eigenvalue weighted by Gasteiger charge is -2.43. The Morgan fingerprint density at radius 1 is 1.24 bits per heavy atom. The molecule has 4 heteroatoms. The number of methoxy groups -OCH3 is 1. The molecule has 1 saturated carbocycles. The van der Waals surface area contributed by atoms with Crippen LogP contribution in [0.5, 0.6) is 0 Å². The van der Waals surface area contributed by atoms with Gasteiger partial charge in [-0.15, -0.1) is 0 Å². The van der Waals surface area contributed by atoms with Crippen LogP contribution in [0.3, 0.4) is 0 Å². The van der Waals surface area contributed by atoms with Crippen LogP contribution in [0.25, 0.3) is 0 Å². The molecule has 0 radical (unpaired) electrons. The van der Waals surface area contributed by atoms with Crippen LogP contribution in [-0.2, 0) is 14.3 Å². The minimum absolute atomic E-state index is 0.152. The summed E-state index contributed by atoms with van der Waals surface area (Å²) in [4.78, 5) is 5.42. The number of rotatable bonds is 5. The topological polar surface area (TPSA) is 39.7 Å². The van der Waals surface area contributed by atoms with Crippen LogP contribution < -0.4 is 5.48 Å². The lowest BCUT2D eigenvalue weighted by atomic mass is 9.78. The lowest BCUT2D eigenvalue weighted by Crippen LogP contribution is -2.48. The minimum atomic E-state index is 0.152. The number of nitrogens with one attached hydrogen (secondary N) is 1. The second kappa shape index (κ2) is 6.69. The molecule has 0 aromatic rings. The Labute approximate surface area is 104 Å². The number of hydroxylamine groups is 1. The van der Waals surface area contributed by atoms with E-state index in [1.54, 1.807) is 7.11 Å². The summed E-state index contributed by atoms with van der Waals surface area (Å²) in [5.74, 6) is 0. The van der Waals surface area contributed by atoms with Crippen LogP contribution in [0.15, 0.2) is 0 Å². The summed E-state index contributed by atoms with van der Waals surface area (Å²) in [7, 11) is 1.69. The Morgan fingerprint density at radius 3 is 2.82 bits per heavy atom. The van der Waals surface area contributed by atoms with Gasteiger partial charge in [0.2, 0.25) is 0 Å². The van der Waals surface area contributed by atoms with Gasteiger partial charge in [0.1, 0.15) is 0 Å². The van der Waals surface area contributed by atoms with Gasteiger partial charge in [-0.05, 0) is 25.7 Å². The lowest BCUT2D eigenvalue weighted by molar-refractivity contribution is -0.130. The number of hydrogen-bond donors (Lipinski definition) is 1. The molecule has 100 valence electrons. The highest BCUT2D eigenvalue weighted by Gasteiger charge is 2.38. The van der Waals surface area contributed by atoms with Crippen LogP contribution >= 0.6 is 0 Å². The van der Waals surface area contributed by atoms with E-state index < -0.39 is 0 Å². The normalized spacial score (nSPS) is 28.4. The first-order chi connectivity index (χ1) is 8.35. The van der Waals surface area contributed by atoms with Crippen molar-refractivity contribution in [3.8, 4) is 0 Å². The molecule has 0 bridgehead atoms. The molecule has 2 fully saturated rings. The van der Waals surface area contributed by atoms with Crippen LogP contribution in [0.1, 0.15) is 44.9 Å². The van der Waals surface area contributed by atoms with Gasteiger partial charge in [-0.3, -0.25) is 4.84 Å². The van der Waals surface area contributed by atoms with Gasteiger partial charge >= 0.3 is 0 Å². The van der Waals surface area contributed by atoms with Gasteiger partial charge in [0.15, 0.2) is 0 Å². The fraction of sp³-hybridized carbons (Fsp3) is 1.00. The van der Waals surface area contributed by atoms with E-state index in [0.29, 0.717) is 19.3 Å². The zero-order valence-electron chi connectivity index (χ0n) is 10.9. The Balaban J connectivity index is 1.72. The molecule has 1 saturated heterocycles. The van der Waals surface area contributed by atoms with E-state index in [0.717, 1.165) is 19.4 Å². The zero-order valence-corrected chi connectivity index (χ0v) is 10.9. The summed E-state index contributed by atoms with van der Waals surface area (Å²) in [6.07, 6.45) is 8.60. The van der Waals surface area contributed by atoms with Gasteiger partial charge in [0, 0.05) is 19.8 Å². The molecule has 1 heterocycles. The molecule has 0 aromatic carbocycles. The van der Waals surface area contributed by atoms with E-state index >= 15 is 0 Å². The average molecular weight is 243 g/mol. The first-order valence-corrected chi connectivity index (χ1v) is 6.85.